The predicted molar refractivity (Wildman–Crippen MR) is 84.5 cm³/mol. The van der Waals surface area contributed by atoms with Crippen LogP contribution in [0.5, 0.6) is 0 Å². The number of halogens is 4. The van der Waals surface area contributed by atoms with Crippen molar-refractivity contribution in [1.29, 1.82) is 0 Å². The van der Waals surface area contributed by atoms with Crippen LogP contribution in [-0.2, 0) is 6.67 Å². The van der Waals surface area contributed by atoms with Crippen LogP contribution in [0.1, 0.15) is 11.1 Å². The summed E-state index contributed by atoms with van der Waals surface area (Å²) in [6, 6.07) is 10.5. The van der Waals surface area contributed by atoms with Crippen LogP contribution < -0.4 is 0 Å². The van der Waals surface area contributed by atoms with E-state index in [2.05, 4.69) is 4.98 Å². The zero-order valence-electron chi connectivity index (χ0n) is 12.8. The molecule has 0 bridgehead atoms. The van der Waals surface area contributed by atoms with E-state index in [9.17, 15) is 17.6 Å². The third kappa shape index (κ3) is 3.02. The molecule has 3 aromatic rings. The lowest BCUT2D eigenvalue weighted by molar-refractivity contribution is 0.440. The van der Waals surface area contributed by atoms with Gasteiger partial charge in [0.05, 0.1) is 5.56 Å². The topological polar surface area (TPSA) is 12.9 Å². The molecule has 0 aliphatic rings. The maximum absolute atomic E-state index is 14.4. The van der Waals surface area contributed by atoms with Crippen LogP contribution in [0.15, 0.2) is 48.7 Å². The molecule has 0 fully saturated rings. The number of hydrogen-bond donors (Lipinski definition) is 0. The van der Waals surface area contributed by atoms with Gasteiger partial charge in [-0.25, -0.2) is 17.6 Å². The van der Waals surface area contributed by atoms with E-state index in [4.69, 9.17) is 0 Å². The van der Waals surface area contributed by atoms with Gasteiger partial charge in [-0.2, -0.15) is 0 Å². The molecule has 3 rings (SSSR count). The zero-order chi connectivity index (χ0) is 17.3. The maximum Gasteiger partial charge on any atom is 0.150 e. The summed E-state index contributed by atoms with van der Waals surface area (Å²) in [5.41, 5.74) is 1.48. The minimum absolute atomic E-state index is 0.0739. The number of nitrogens with zero attached hydrogens (tertiary/aromatic N) is 1. The fraction of sp³-hybridized carbons (Fsp3) is 0.105. The molecule has 0 amide bonds. The average Bonchev–Trinajstić information content (AvgIpc) is 2.55. The molecular formula is C19H13F4N. The normalized spacial score (nSPS) is 10.9. The summed E-state index contributed by atoms with van der Waals surface area (Å²) < 4.78 is 54.3. The van der Waals surface area contributed by atoms with Gasteiger partial charge in [-0.15, -0.1) is 0 Å². The Bertz CT molecular complexity index is 865. The Morgan fingerprint density at radius 3 is 1.92 bits per heavy atom. The second-order valence-corrected chi connectivity index (χ2v) is 5.47. The molecule has 0 saturated heterocycles. The molecule has 0 aliphatic carbocycles. The number of alkyl halides is 1. The number of aromatic nitrogens is 1. The first-order chi connectivity index (χ1) is 11.5. The van der Waals surface area contributed by atoms with Gasteiger partial charge in [0.25, 0.3) is 0 Å². The summed E-state index contributed by atoms with van der Waals surface area (Å²) in [5, 5.41) is 0. The van der Waals surface area contributed by atoms with Crippen molar-refractivity contribution in [3.63, 3.8) is 0 Å². The van der Waals surface area contributed by atoms with Gasteiger partial charge in [-0.05, 0) is 30.7 Å². The first kappa shape index (κ1) is 16.2. The number of benzene rings is 2. The van der Waals surface area contributed by atoms with Crippen molar-refractivity contribution < 1.29 is 17.6 Å². The van der Waals surface area contributed by atoms with Crippen molar-refractivity contribution >= 4 is 0 Å². The highest BCUT2D eigenvalue weighted by molar-refractivity contribution is 5.67. The van der Waals surface area contributed by atoms with E-state index in [0.717, 1.165) is 23.3 Å². The fourth-order valence-corrected chi connectivity index (χ4v) is 2.42. The first-order valence-corrected chi connectivity index (χ1v) is 7.26. The molecular weight excluding hydrogens is 318 g/mol. The molecule has 24 heavy (non-hydrogen) atoms. The van der Waals surface area contributed by atoms with Crippen molar-refractivity contribution in [2.75, 3.05) is 0 Å². The van der Waals surface area contributed by atoms with Gasteiger partial charge in [-0.1, -0.05) is 29.8 Å². The van der Waals surface area contributed by atoms with E-state index < -0.39 is 29.7 Å². The SMILES string of the molecule is Cc1ccc(-c2cnc(-c3cc(F)c(CF)c(F)c3)c(F)c2)cc1. The number of pyridine rings is 1. The van der Waals surface area contributed by atoms with E-state index in [1.54, 1.807) is 0 Å². The van der Waals surface area contributed by atoms with Gasteiger partial charge in [0.15, 0.2) is 0 Å². The lowest BCUT2D eigenvalue weighted by atomic mass is 10.0. The van der Waals surface area contributed by atoms with Crippen LogP contribution in [0.3, 0.4) is 0 Å². The summed E-state index contributed by atoms with van der Waals surface area (Å²) >= 11 is 0. The van der Waals surface area contributed by atoms with Crippen molar-refractivity contribution in [1.82, 2.24) is 4.98 Å². The van der Waals surface area contributed by atoms with Crippen molar-refractivity contribution in [3.05, 3.63) is 77.2 Å². The van der Waals surface area contributed by atoms with Gasteiger partial charge in [0.1, 0.15) is 29.8 Å². The fourth-order valence-electron chi connectivity index (χ4n) is 2.42. The molecule has 5 heteroatoms. The average molecular weight is 331 g/mol. The maximum atomic E-state index is 14.4. The minimum Gasteiger partial charge on any atom is -0.253 e. The van der Waals surface area contributed by atoms with Crippen molar-refractivity contribution in [2.24, 2.45) is 0 Å². The van der Waals surface area contributed by atoms with E-state index in [0.29, 0.717) is 5.56 Å². The highest BCUT2D eigenvalue weighted by Gasteiger charge is 2.15. The lowest BCUT2D eigenvalue weighted by Gasteiger charge is -2.08. The largest absolute Gasteiger partial charge is 0.253 e. The van der Waals surface area contributed by atoms with Crippen molar-refractivity contribution in [3.8, 4) is 22.4 Å². The summed E-state index contributed by atoms with van der Waals surface area (Å²) in [5.74, 6) is -2.83. The standard InChI is InChI=1S/C19H13F4N/c1-11-2-4-12(5-3-11)14-8-18(23)19(24-10-14)13-6-16(21)15(9-20)17(22)7-13/h2-8,10H,9H2,1H3. The minimum atomic E-state index is -1.26. The molecule has 1 aromatic heterocycles. The van der Waals surface area contributed by atoms with E-state index >= 15 is 0 Å². The van der Waals surface area contributed by atoms with Gasteiger partial charge >= 0.3 is 0 Å². The summed E-state index contributed by atoms with van der Waals surface area (Å²) in [6.45, 7) is 0.677. The Kier molecular flexibility index (Phi) is 4.34. The Hall–Kier alpha value is -2.69. The Morgan fingerprint density at radius 1 is 0.792 bits per heavy atom. The summed E-state index contributed by atoms with van der Waals surface area (Å²) in [4.78, 5) is 3.98. The molecule has 0 radical (unpaired) electrons. The number of aryl methyl sites for hydroxylation is 1. The summed E-state index contributed by atoms with van der Waals surface area (Å²) in [6.07, 6.45) is 1.43. The van der Waals surface area contributed by atoms with Crippen LogP contribution in [-0.4, -0.2) is 4.98 Å². The second-order valence-electron chi connectivity index (χ2n) is 5.47. The van der Waals surface area contributed by atoms with Crippen molar-refractivity contribution in [2.45, 2.75) is 13.6 Å². The van der Waals surface area contributed by atoms with E-state index in [-0.39, 0.29) is 11.3 Å². The molecule has 0 saturated carbocycles. The zero-order valence-corrected chi connectivity index (χ0v) is 12.8. The molecule has 122 valence electrons. The molecule has 0 aliphatic heterocycles. The van der Waals surface area contributed by atoms with E-state index in [1.807, 2.05) is 31.2 Å². The molecule has 0 unspecified atom stereocenters. The number of hydrogen-bond acceptors (Lipinski definition) is 1. The van der Waals surface area contributed by atoms with Crippen LogP contribution in [0.25, 0.3) is 22.4 Å². The van der Waals surface area contributed by atoms with Gasteiger partial charge in [0.2, 0.25) is 0 Å². The van der Waals surface area contributed by atoms with Gasteiger partial charge in [-0.3, -0.25) is 4.98 Å². The molecule has 0 atom stereocenters. The highest BCUT2D eigenvalue weighted by atomic mass is 19.1. The Labute approximate surface area is 136 Å². The monoisotopic (exact) mass is 331 g/mol. The number of rotatable bonds is 3. The smallest absolute Gasteiger partial charge is 0.150 e. The molecule has 2 aromatic carbocycles. The second kappa shape index (κ2) is 6.43. The Morgan fingerprint density at radius 2 is 1.38 bits per heavy atom. The quantitative estimate of drug-likeness (QED) is 0.568. The first-order valence-electron chi connectivity index (χ1n) is 7.26. The van der Waals surface area contributed by atoms with Crippen LogP contribution in [0.2, 0.25) is 0 Å². The van der Waals surface area contributed by atoms with E-state index in [1.165, 1.54) is 12.3 Å². The van der Waals surface area contributed by atoms with Crippen LogP contribution in [0, 0.1) is 24.4 Å². The van der Waals surface area contributed by atoms with Crippen LogP contribution >= 0.6 is 0 Å². The third-order valence-electron chi connectivity index (χ3n) is 3.77. The van der Waals surface area contributed by atoms with Gasteiger partial charge < -0.3 is 0 Å². The molecule has 1 heterocycles. The molecule has 0 N–H and O–H groups in total. The van der Waals surface area contributed by atoms with Gasteiger partial charge in [0, 0.05) is 17.3 Å². The predicted octanol–water partition coefficient (Wildman–Crippen LogP) is 5.61. The highest BCUT2D eigenvalue weighted by Crippen LogP contribution is 2.28. The Balaban J connectivity index is 2.03. The molecule has 1 nitrogen and oxygen atoms in total. The third-order valence-corrected chi connectivity index (χ3v) is 3.77. The molecule has 0 spiro atoms. The lowest BCUT2D eigenvalue weighted by Crippen LogP contribution is -1.97. The van der Waals surface area contributed by atoms with Crippen LogP contribution in [0.4, 0.5) is 17.6 Å². The summed E-state index contributed by atoms with van der Waals surface area (Å²) in [7, 11) is 0.